The molecule has 0 aliphatic heterocycles. The molecular formula is C16H19NO2S. The molecule has 1 heterocycles. The Balaban J connectivity index is 1.75. The molecule has 0 fully saturated rings. The van der Waals surface area contributed by atoms with Crippen molar-refractivity contribution in [2.45, 2.75) is 26.3 Å². The van der Waals surface area contributed by atoms with Crippen LogP contribution in [0, 0.1) is 0 Å². The standard InChI is InChI=1S/C16H19NO2S/c1-12(2)14-3-5-15(6-4-14)19-10-16(18)17-9-13-7-8-20-11-13/h3-8,11-12H,9-10H2,1-2H3,(H,17,18). The lowest BCUT2D eigenvalue weighted by Gasteiger charge is -2.09. The van der Waals surface area contributed by atoms with E-state index in [1.54, 1.807) is 11.3 Å². The van der Waals surface area contributed by atoms with E-state index in [0.717, 1.165) is 11.3 Å². The number of rotatable bonds is 6. The van der Waals surface area contributed by atoms with Gasteiger partial charge in [-0.05, 0) is 46.0 Å². The van der Waals surface area contributed by atoms with Crippen LogP contribution in [0.15, 0.2) is 41.1 Å². The van der Waals surface area contributed by atoms with Gasteiger partial charge in [0.2, 0.25) is 0 Å². The van der Waals surface area contributed by atoms with Crippen molar-refractivity contribution in [3.05, 3.63) is 52.2 Å². The van der Waals surface area contributed by atoms with E-state index in [1.165, 1.54) is 5.56 Å². The Kier molecular flexibility index (Phi) is 5.18. The average molecular weight is 289 g/mol. The first-order chi connectivity index (χ1) is 9.65. The number of carbonyl (C=O) groups excluding carboxylic acids is 1. The fourth-order valence-corrected chi connectivity index (χ4v) is 2.41. The molecule has 20 heavy (non-hydrogen) atoms. The van der Waals surface area contributed by atoms with Crippen LogP contribution in [0.1, 0.15) is 30.9 Å². The van der Waals surface area contributed by atoms with Crippen molar-refractivity contribution in [3.8, 4) is 5.75 Å². The number of nitrogens with one attached hydrogen (secondary N) is 1. The third kappa shape index (κ3) is 4.38. The second-order valence-corrected chi connectivity index (χ2v) is 5.70. The van der Waals surface area contributed by atoms with Gasteiger partial charge in [0.25, 0.3) is 5.91 Å². The molecule has 0 aliphatic carbocycles. The minimum Gasteiger partial charge on any atom is -0.484 e. The summed E-state index contributed by atoms with van der Waals surface area (Å²) in [6, 6.07) is 9.87. The molecular weight excluding hydrogens is 270 g/mol. The predicted molar refractivity (Wildman–Crippen MR) is 82.2 cm³/mol. The van der Waals surface area contributed by atoms with E-state index in [-0.39, 0.29) is 12.5 Å². The summed E-state index contributed by atoms with van der Waals surface area (Å²) in [5.74, 6) is 1.11. The fraction of sp³-hybridized carbons (Fsp3) is 0.312. The maximum Gasteiger partial charge on any atom is 0.258 e. The molecule has 2 aromatic rings. The second-order valence-electron chi connectivity index (χ2n) is 4.92. The van der Waals surface area contributed by atoms with E-state index in [0.29, 0.717) is 12.5 Å². The van der Waals surface area contributed by atoms with Gasteiger partial charge in [0, 0.05) is 6.54 Å². The number of ether oxygens (including phenoxy) is 1. The van der Waals surface area contributed by atoms with E-state index in [4.69, 9.17) is 4.74 Å². The van der Waals surface area contributed by atoms with E-state index >= 15 is 0 Å². The lowest BCUT2D eigenvalue weighted by Crippen LogP contribution is -2.28. The van der Waals surface area contributed by atoms with Crippen LogP contribution in [-0.2, 0) is 11.3 Å². The first-order valence-corrected chi connectivity index (χ1v) is 7.60. The molecule has 0 atom stereocenters. The van der Waals surface area contributed by atoms with Crippen LogP contribution in [-0.4, -0.2) is 12.5 Å². The zero-order valence-electron chi connectivity index (χ0n) is 11.8. The maximum atomic E-state index is 11.7. The highest BCUT2D eigenvalue weighted by Crippen LogP contribution is 2.18. The van der Waals surface area contributed by atoms with Crippen molar-refractivity contribution in [2.75, 3.05) is 6.61 Å². The van der Waals surface area contributed by atoms with Crippen LogP contribution in [0.5, 0.6) is 5.75 Å². The third-order valence-corrected chi connectivity index (χ3v) is 3.72. The lowest BCUT2D eigenvalue weighted by atomic mass is 10.0. The highest BCUT2D eigenvalue weighted by Gasteiger charge is 2.04. The normalized spacial score (nSPS) is 10.6. The fourth-order valence-electron chi connectivity index (χ4n) is 1.74. The smallest absolute Gasteiger partial charge is 0.258 e. The molecule has 0 saturated heterocycles. The van der Waals surface area contributed by atoms with Crippen LogP contribution >= 0.6 is 11.3 Å². The monoisotopic (exact) mass is 289 g/mol. The largest absolute Gasteiger partial charge is 0.484 e. The molecule has 4 heteroatoms. The van der Waals surface area contributed by atoms with Gasteiger partial charge in [0.15, 0.2) is 6.61 Å². The van der Waals surface area contributed by atoms with Crippen molar-refractivity contribution in [2.24, 2.45) is 0 Å². The predicted octanol–water partition coefficient (Wildman–Crippen LogP) is 3.57. The van der Waals surface area contributed by atoms with Gasteiger partial charge in [-0.2, -0.15) is 11.3 Å². The molecule has 0 unspecified atom stereocenters. The second kappa shape index (κ2) is 7.10. The molecule has 1 aromatic heterocycles. The van der Waals surface area contributed by atoms with Crippen LogP contribution in [0.25, 0.3) is 0 Å². The van der Waals surface area contributed by atoms with Crippen molar-refractivity contribution in [1.82, 2.24) is 5.32 Å². The van der Waals surface area contributed by atoms with Gasteiger partial charge in [-0.3, -0.25) is 4.79 Å². The molecule has 106 valence electrons. The van der Waals surface area contributed by atoms with Gasteiger partial charge in [-0.1, -0.05) is 26.0 Å². The first-order valence-electron chi connectivity index (χ1n) is 6.65. The SMILES string of the molecule is CC(C)c1ccc(OCC(=O)NCc2ccsc2)cc1. The van der Waals surface area contributed by atoms with Crippen molar-refractivity contribution >= 4 is 17.2 Å². The number of hydrogen-bond acceptors (Lipinski definition) is 3. The Labute approximate surface area is 123 Å². The molecule has 0 radical (unpaired) electrons. The van der Waals surface area contributed by atoms with Gasteiger partial charge >= 0.3 is 0 Å². The Morgan fingerprint density at radius 1 is 1.25 bits per heavy atom. The van der Waals surface area contributed by atoms with Gasteiger partial charge in [0.1, 0.15) is 5.75 Å². The Bertz CT molecular complexity index is 532. The molecule has 0 spiro atoms. The maximum absolute atomic E-state index is 11.7. The van der Waals surface area contributed by atoms with Crippen molar-refractivity contribution < 1.29 is 9.53 Å². The Hall–Kier alpha value is -1.81. The molecule has 1 N–H and O–H groups in total. The van der Waals surface area contributed by atoms with Gasteiger partial charge in [0.05, 0.1) is 0 Å². The Morgan fingerprint density at radius 3 is 2.60 bits per heavy atom. The lowest BCUT2D eigenvalue weighted by molar-refractivity contribution is -0.123. The van der Waals surface area contributed by atoms with E-state index in [1.807, 2.05) is 41.1 Å². The van der Waals surface area contributed by atoms with E-state index in [2.05, 4.69) is 19.2 Å². The number of carbonyl (C=O) groups is 1. The quantitative estimate of drug-likeness (QED) is 0.883. The molecule has 3 nitrogen and oxygen atoms in total. The summed E-state index contributed by atoms with van der Waals surface area (Å²) in [6.07, 6.45) is 0. The van der Waals surface area contributed by atoms with E-state index < -0.39 is 0 Å². The summed E-state index contributed by atoms with van der Waals surface area (Å²) < 4.78 is 5.46. The van der Waals surface area contributed by atoms with E-state index in [9.17, 15) is 4.79 Å². The third-order valence-electron chi connectivity index (χ3n) is 2.99. The van der Waals surface area contributed by atoms with Crippen LogP contribution in [0.3, 0.4) is 0 Å². The van der Waals surface area contributed by atoms with Gasteiger partial charge in [-0.15, -0.1) is 0 Å². The molecule has 1 aromatic carbocycles. The number of amides is 1. The highest BCUT2D eigenvalue weighted by atomic mass is 32.1. The molecule has 0 bridgehead atoms. The first kappa shape index (κ1) is 14.6. The zero-order valence-corrected chi connectivity index (χ0v) is 12.6. The number of thiophene rings is 1. The topological polar surface area (TPSA) is 38.3 Å². The summed E-state index contributed by atoms with van der Waals surface area (Å²) in [7, 11) is 0. The van der Waals surface area contributed by atoms with Crippen LogP contribution in [0.2, 0.25) is 0 Å². The van der Waals surface area contributed by atoms with Crippen LogP contribution in [0.4, 0.5) is 0 Å². The van der Waals surface area contributed by atoms with Crippen LogP contribution < -0.4 is 10.1 Å². The molecule has 0 saturated carbocycles. The molecule has 0 aliphatic rings. The van der Waals surface area contributed by atoms with Gasteiger partial charge < -0.3 is 10.1 Å². The number of benzene rings is 1. The minimum atomic E-state index is -0.107. The molecule has 1 amide bonds. The Morgan fingerprint density at radius 2 is 2.00 bits per heavy atom. The van der Waals surface area contributed by atoms with Crippen molar-refractivity contribution in [1.29, 1.82) is 0 Å². The summed E-state index contributed by atoms with van der Waals surface area (Å²) >= 11 is 1.62. The summed E-state index contributed by atoms with van der Waals surface area (Å²) in [4.78, 5) is 11.7. The summed E-state index contributed by atoms with van der Waals surface area (Å²) in [5.41, 5.74) is 2.38. The van der Waals surface area contributed by atoms with Crippen molar-refractivity contribution in [3.63, 3.8) is 0 Å². The molecule has 2 rings (SSSR count). The summed E-state index contributed by atoms with van der Waals surface area (Å²) in [5, 5.41) is 6.84. The highest BCUT2D eigenvalue weighted by molar-refractivity contribution is 7.07. The number of hydrogen-bond donors (Lipinski definition) is 1. The minimum absolute atomic E-state index is 0.0468. The summed E-state index contributed by atoms with van der Waals surface area (Å²) in [6.45, 7) is 4.89. The zero-order chi connectivity index (χ0) is 14.4. The van der Waals surface area contributed by atoms with Gasteiger partial charge in [-0.25, -0.2) is 0 Å². The average Bonchev–Trinajstić information content (AvgIpc) is 2.96.